The van der Waals surface area contributed by atoms with E-state index in [4.69, 9.17) is 15.2 Å². The summed E-state index contributed by atoms with van der Waals surface area (Å²) in [5, 5.41) is 9.80. The van der Waals surface area contributed by atoms with Crippen molar-refractivity contribution in [2.75, 3.05) is 7.11 Å². The van der Waals surface area contributed by atoms with Gasteiger partial charge in [0.15, 0.2) is 0 Å². The summed E-state index contributed by atoms with van der Waals surface area (Å²) in [6.45, 7) is 0.334. The van der Waals surface area contributed by atoms with Gasteiger partial charge in [-0.15, -0.1) is 0 Å². The Bertz CT molecular complexity index is 1400. The largest absolute Gasteiger partial charge is 0.496 e. The first-order valence-corrected chi connectivity index (χ1v) is 10.8. The molecule has 4 rings (SSSR count). The minimum absolute atomic E-state index is 0.00528. The maximum absolute atomic E-state index is 14.1. The Morgan fingerprint density at radius 3 is 2.46 bits per heavy atom. The first kappa shape index (κ1) is 23.5. The van der Waals surface area contributed by atoms with Crippen molar-refractivity contribution in [1.82, 2.24) is 4.98 Å². The lowest BCUT2D eigenvalue weighted by Gasteiger charge is -2.13. The van der Waals surface area contributed by atoms with Crippen LogP contribution < -0.4 is 15.2 Å². The summed E-state index contributed by atoms with van der Waals surface area (Å²) < 4.78 is 25.3. The highest BCUT2D eigenvalue weighted by atomic mass is 19.1. The number of amides is 1. The molecule has 174 valence electrons. The Hall–Kier alpha value is -4.70. The van der Waals surface area contributed by atoms with Crippen molar-refractivity contribution in [2.45, 2.75) is 13.0 Å². The van der Waals surface area contributed by atoms with Gasteiger partial charge >= 0.3 is 0 Å². The van der Waals surface area contributed by atoms with Gasteiger partial charge in [0.25, 0.3) is 5.91 Å². The van der Waals surface area contributed by atoms with E-state index in [2.05, 4.69) is 11.1 Å². The van der Waals surface area contributed by atoms with Gasteiger partial charge in [-0.25, -0.2) is 4.39 Å². The molecule has 1 amide bonds. The number of hydrogen-bond donors (Lipinski definition) is 1. The highest BCUT2D eigenvalue weighted by Crippen LogP contribution is 2.31. The molecule has 0 bridgehead atoms. The van der Waals surface area contributed by atoms with Gasteiger partial charge in [0.2, 0.25) is 0 Å². The maximum Gasteiger partial charge on any atom is 0.252 e. The summed E-state index contributed by atoms with van der Waals surface area (Å²) >= 11 is 0. The molecule has 0 saturated heterocycles. The standard InChI is InChI=1S/C28H22FN3O3/c1-34-27-21(14-22(29)15-23(27)28(31)33)13-18-7-9-20(10-8-18)26-24(16-30)25(11-12-32-26)35-17-19-5-3-2-4-6-19/h2-12,14-15H,13,17H2,1H3,(H2,31,33). The van der Waals surface area contributed by atoms with Gasteiger partial charge < -0.3 is 15.2 Å². The van der Waals surface area contributed by atoms with Crippen LogP contribution in [0.15, 0.2) is 79.0 Å². The first-order chi connectivity index (χ1) is 17.0. The van der Waals surface area contributed by atoms with E-state index in [1.54, 1.807) is 12.3 Å². The Morgan fingerprint density at radius 1 is 1.06 bits per heavy atom. The Kier molecular flexibility index (Phi) is 7.03. The van der Waals surface area contributed by atoms with Gasteiger partial charge in [0.1, 0.15) is 35.6 Å². The fraction of sp³-hybridized carbons (Fsp3) is 0.107. The van der Waals surface area contributed by atoms with Crippen LogP contribution in [0.5, 0.6) is 11.5 Å². The number of benzene rings is 3. The number of carbonyl (C=O) groups is 1. The van der Waals surface area contributed by atoms with Crippen molar-refractivity contribution in [1.29, 1.82) is 5.26 Å². The van der Waals surface area contributed by atoms with Crippen LogP contribution >= 0.6 is 0 Å². The van der Waals surface area contributed by atoms with E-state index >= 15 is 0 Å². The normalized spacial score (nSPS) is 10.4. The molecule has 0 fully saturated rings. The zero-order chi connectivity index (χ0) is 24.8. The first-order valence-electron chi connectivity index (χ1n) is 10.8. The Labute approximate surface area is 202 Å². The molecule has 6 nitrogen and oxygen atoms in total. The third kappa shape index (κ3) is 5.28. The van der Waals surface area contributed by atoms with E-state index < -0.39 is 11.7 Å². The molecule has 0 aliphatic carbocycles. The van der Waals surface area contributed by atoms with Crippen LogP contribution in [0, 0.1) is 17.1 Å². The highest BCUT2D eigenvalue weighted by Gasteiger charge is 2.17. The highest BCUT2D eigenvalue weighted by molar-refractivity contribution is 5.96. The van der Waals surface area contributed by atoms with Crippen molar-refractivity contribution >= 4 is 5.91 Å². The zero-order valence-electron chi connectivity index (χ0n) is 19.0. The Balaban J connectivity index is 1.59. The van der Waals surface area contributed by atoms with Gasteiger partial charge in [0, 0.05) is 23.7 Å². The number of ether oxygens (including phenoxy) is 2. The number of aromatic nitrogens is 1. The number of hydrogen-bond acceptors (Lipinski definition) is 5. The van der Waals surface area contributed by atoms with Crippen molar-refractivity contribution in [3.05, 3.63) is 113 Å². The van der Waals surface area contributed by atoms with Gasteiger partial charge in [-0.1, -0.05) is 54.6 Å². The smallest absolute Gasteiger partial charge is 0.252 e. The van der Waals surface area contributed by atoms with Crippen molar-refractivity contribution in [3.63, 3.8) is 0 Å². The number of halogens is 1. The summed E-state index contributed by atoms with van der Waals surface area (Å²) in [6, 6.07) is 23.3. The monoisotopic (exact) mass is 467 g/mol. The molecule has 0 aliphatic rings. The number of nitrogens with two attached hydrogens (primary N) is 1. The van der Waals surface area contributed by atoms with Crippen molar-refractivity contribution < 1.29 is 18.7 Å². The molecule has 0 atom stereocenters. The van der Waals surface area contributed by atoms with E-state index in [1.165, 1.54) is 13.2 Å². The molecule has 0 unspecified atom stereocenters. The third-order valence-electron chi connectivity index (χ3n) is 5.48. The van der Waals surface area contributed by atoms with Crippen molar-refractivity contribution in [2.24, 2.45) is 5.73 Å². The number of primary amides is 1. The summed E-state index contributed by atoms with van der Waals surface area (Å²) in [5.74, 6) is -0.627. The van der Waals surface area contributed by atoms with Crippen LogP contribution in [0.1, 0.15) is 32.6 Å². The number of carbonyl (C=O) groups excluding carboxylic acids is 1. The lowest BCUT2D eigenvalue weighted by atomic mass is 9.98. The molecule has 0 saturated carbocycles. The zero-order valence-corrected chi connectivity index (χ0v) is 19.0. The van der Waals surface area contributed by atoms with E-state index in [0.29, 0.717) is 35.6 Å². The van der Waals surface area contributed by atoms with Gasteiger partial charge in [-0.2, -0.15) is 5.26 Å². The summed E-state index contributed by atoms with van der Waals surface area (Å²) in [6.07, 6.45) is 1.92. The fourth-order valence-electron chi connectivity index (χ4n) is 3.83. The molecule has 0 spiro atoms. The van der Waals surface area contributed by atoms with E-state index in [0.717, 1.165) is 22.8 Å². The molecule has 2 N–H and O–H groups in total. The van der Waals surface area contributed by atoms with E-state index in [9.17, 15) is 14.4 Å². The molecule has 3 aromatic carbocycles. The predicted octanol–water partition coefficient (Wildman–Crippen LogP) is 5.04. The van der Waals surface area contributed by atoms with E-state index in [1.807, 2.05) is 54.6 Å². The number of nitriles is 1. The molecular weight excluding hydrogens is 445 g/mol. The van der Waals surface area contributed by atoms with E-state index in [-0.39, 0.29) is 11.3 Å². The molecule has 0 radical (unpaired) electrons. The van der Waals surface area contributed by atoms with Crippen LogP contribution in [0.4, 0.5) is 4.39 Å². The van der Waals surface area contributed by atoms with Crippen molar-refractivity contribution in [3.8, 4) is 28.8 Å². The molecule has 4 aromatic rings. The number of nitrogens with zero attached hydrogens (tertiary/aromatic N) is 2. The second-order valence-electron chi connectivity index (χ2n) is 7.80. The minimum atomic E-state index is -0.762. The quantitative estimate of drug-likeness (QED) is 0.392. The third-order valence-corrected chi connectivity index (χ3v) is 5.48. The van der Waals surface area contributed by atoms with Crippen LogP contribution in [-0.2, 0) is 13.0 Å². The fourth-order valence-corrected chi connectivity index (χ4v) is 3.83. The van der Waals surface area contributed by atoms with Gasteiger partial charge in [-0.05, 0) is 29.3 Å². The second-order valence-corrected chi connectivity index (χ2v) is 7.80. The minimum Gasteiger partial charge on any atom is -0.496 e. The Morgan fingerprint density at radius 2 is 1.80 bits per heavy atom. The molecule has 0 aliphatic heterocycles. The lowest BCUT2D eigenvalue weighted by molar-refractivity contribution is 0.0996. The number of methoxy groups -OCH3 is 1. The number of rotatable bonds is 8. The average molecular weight is 468 g/mol. The lowest BCUT2D eigenvalue weighted by Crippen LogP contribution is -2.14. The second kappa shape index (κ2) is 10.5. The topological polar surface area (TPSA) is 98.2 Å². The van der Waals surface area contributed by atoms with Gasteiger partial charge in [0.05, 0.1) is 18.4 Å². The van der Waals surface area contributed by atoms with Crippen LogP contribution in [0.3, 0.4) is 0 Å². The van der Waals surface area contributed by atoms with Crippen LogP contribution in [0.25, 0.3) is 11.3 Å². The summed E-state index contributed by atoms with van der Waals surface area (Å²) in [5.41, 5.74) is 9.29. The maximum atomic E-state index is 14.1. The molecule has 1 heterocycles. The summed E-state index contributed by atoms with van der Waals surface area (Å²) in [4.78, 5) is 16.1. The van der Waals surface area contributed by atoms with Gasteiger partial charge in [-0.3, -0.25) is 9.78 Å². The molecule has 35 heavy (non-hydrogen) atoms. The predicted molar refractivity (Wildman–Crippen MR) is 129 cm³/mol. The molecule has 7 heteroatoms. The average Bonchev–Trinajstić information content (AvgIpc) is 2.88. The van der Waals surface area contributed by atoms with Crippen LogP contribution in [-0.4, -0.2) is 18.0 Å². The molecular formula is C28H22FN3O3. The molecule has 1 aromatic heterocycles. The van der Waals surface area contributed by atoms with Crippen LogP contribution in [0.2, 0.25) is 0 Å². The SMILES string of the molecule is COc1c(Cc2ccc(-c3nccc(OCc4ccccc4)c3C#N)cc2)cc(F)cc1C(N)=O. The summed E-state index contributed by atoms with van der Waals surface area (Å²) in [7, 11) is 1.41. The number of pyridine rings is 1.